The minimum absolute atomic E-state index is 0.0680. The molecule has 4 atom stereocenters. The maximum absolute atomic E-state index is 13.1. The summed E-state index contributed by atoms with van der Waals surface area (Å²) in [6.45, 7) is 0. The van der Waals surface area contributed by atoms with Crippen LogP contribution in [0.4, 0.5) is 0 Å². The minimum Gasteiger partial charge on any atom is -0.480 e. The van der Waals surface area contributed by atoms with E-state index in [4.69, 9.17) is 16.2 Å². The van der Waals surface area contributed by atoms with Crippen LogP contribution in [0, 0.1) is 0 Å². The van der Waals surface area contributed by atoms with Crippen LogP contribution >= 0.6 is 21.6 Å². The van der Waals surface area contributed by atoms with Crippen molar-refractivity contribution in [1.29, 1.82) is 0 Å². The number of ether oxygens (including phenoxy) is 1. The van der Waals surface area contributed by atoms with Gasteiger partial charge in [-0.3, -0.25) is 19.3 Å². The van der Waals surface area contributed by atoms with Crippen LogP contribution in [0.1, 0.15) is 20.7 Å². The number of esters is 2. The van der Waals surface area contributed by atoms with Gasteiger partial charge in [-0.2, -0.15) is 0 Å². The smallest absolute Gasteiger partial charge is 0.345 e. The molecule has 16 heteroatoms. The fourth-order valence-electron chi connectivity index (χ4n) is 2.93. The number of amides is 3. The van der Waals surface area contributed by atoms with E-state index in [1.165, 1.54) is 36.4 Å². The van der Waals surface area contributed by atoms with E-state index in [0.29, 0.717) is 4.90 Å². The third-order valence-corrected chi connectivity index (χ3v) is 7.42. The molecule has 0 aliphatic rings. The Morgan fingerprint density at radius 2 is 1.40 bits per heavy atom. The molecule has 3 amide bonds. The molecule has 0 saturated carbocycles. The van der Waals surface area contributed by atoms with Crippen LogP contribution in [-0.2, 0) is 23.9 Å². The minimum atomic E-state index is -2.45. The van der Waals surface area contributed by atoms with Crippen molar-refractivity contribution in [2.45, 2.75) is 24.5 Å². The number of aliphatic carboxylic acids is 1. The Labute approximate surface area is 235 Å². The number of carbonyl (C=O) groups is 6. The van der Waals surface area contributed by atoms with E-state index in [-0.39, 0.29) is 16.9 Å². The van der Waals surface area contributed by atoms with Gasteiger partial charge in [0.1, 0.15) is 12.1 Å². The summed E-state index contributed by atoms with van der Waals surface area (Å²) in [6, 6.07) is 11.8. The Bertz CT molecular complexity index is 1220. The molecule has 8 N–H and O–H groups in total. The summed E-state index contributed by atoms with van der Waals surface area (Å²) in [4.78, 5) is 73.3. The number of carboxylic acid groups (broad SMARTS) is 1. The summed E-state index contributed by atoms with van der Waals surface area (Å²) >= 11 is 0. The Hall–Kier alpha value is -3.96. The van der Waals surface area contributed by atoms with Crippen molar-refractivity contribution in [3.05, 3.63) is 71.8 Å². The van der Waals surface area contributed by atoms with E-state index in [2.05, 4.69) is 0 Å². The number of benzene rings is 2. The second-order valence-corrected chi connectivity index (χ2v) is 10.4. The van der Waals surface area contributed by atoms with Crippen molar-refractivity contribution in [3.63, 3.8) is 0 Å². The average molecular weight is 595 g/mol. The number of nitrogens with zero attached hydrogens (tertiary/aromatic N) is 1. The van der Waals surface area contributed by atoms with Gasteiger partial charge in [0.05, 0.1) is 5.56 Å². The maximum atomic E-state index is 13.1. The van der Waals surface area contributed by atoms with Gasteiger partial charge in [0.25, 0.3) is 17.7 Å². The molecule has 3 unspecified atom stereocenters. The number of carbonyl (C=O) groups excluding carboxylic acids is 5. The SMILES string of the molecule is NC(=O)C(O)NC(=O)C(O)N(C(=O)c1ccccc1)[C@@H](CSSCC(N)C(=O)OC(=O)c1ccccc1)C(=O)O. The van der Waals surface area contributed by atoms with E-state index < -0.39 is 65.9 Å². The van der Waals surface area contributed by atoms with Crippen LogP contribution in [0.15, 0.2) is 60.7 Å². The molecule has 2 aromatic carbocycles. The third-order valence-electron chi connectivity index (χ3n) is 4.98. The molecule has 0 fully saturated rings. The molecule has 40 heavy (non-hydrogen) atoms. The van der Waals surface area contributed by atoms with Crippen LogP contribution in [0.5, 0.6) is 0 Å². The molecule has 0 bridgehead atoms. The monoisotopic (exact) mass is 594 g/mol. The zero-order valence-corrected chi connectivity index (χ0v) is 22.2. The summed E-state index contributed by atoms with van der Waals surface area (Å²) in [7, 11) is 1.76. The van der Waals surface area contributed by atoms with E-state index in [0.717, 1.165) is 21.6 Å². The molecule has 2 aromatic rings. The molecule has 14 nitrogen and oxygen atoms in total. The van der Waals surface area contributed by atoms with Gasteiger partial charge in [-0.05, 0) is 24.3 Å². The lowest BCUT2D eigenvalue weighted by Gasteiger charge is -2.32. The molecular weight excluding hydrogens is 568 g/mol. The first-order chi connectivity index (χ1) is 18.9. The highest BCUT2D eigenvalue weighted by molar-refractivity contribution is 8.76. The molecule has 0 aliphatic carbocycles. The molecule has 0 aromatic heterocycles. The third kappa shape index (κ3) is 9.35. The highest BCUT2D eigenvalue weighted by Crippen LogP contribution is 2.26. The summed E-state index contributed by atoms with van der Waals surface area (Å²) in [5, 5.41) is 31.6. The van der Waals surface area contributed by atoms with Gasteiger partial charge >= 0.3 is 17.9 Å². The summed E-state index contributed by atoms with van der Waals surface area (Å²) in [5.41, 5.74) is 10.7. The molecule has 0 spiro atoms. The molecular formula is C24H26N4O10S2. The predicted molar refractivity (Wildman–Crippen MR) is 143 cm³/mol. The fraction of sp³-hybridized carbons (Fsp3) is 0.250. The van der Waals surface area contributed by atoms with E-state index in [1.54, 1.807) is 29.6 Å². The first-order valence-corrected chi connectivity index (χ1v) is 13.8. The van der Waals surface area contributed by atoms with Gasteiger partial charge in [0.15, 0.2) is 0 Å². The lowest BCUT2D eigenvalue weighted by Crippen LogP contribution is -2.59. The first kappa shape index (κ1) is 32.3. The second-order valence-electron chi connectivity index (χ2n) is 7.87. The first-order valence-electron chi connectivity index (χ1n) is 11.3. The van der Waals surface area contributed by atoms with Crippen LogP contribution in [0.2, 0.25) is 0 Å². The maximum Gasteiger partial charge on any atom is 0.345 e. The number of aliphatic hydroxyl groups excluding tert-OH is 2. The van der Waals surface area contributed by atoms with Crippen molar-refractivity contribution in [3.8, 4) is 0 Å². The highest BCUT2D eigenvalue weighted by Gasteiger charge is 2.39. The van der Waals surface area contributed by atoms with Crippen molar-refractivity contribution >= 4 is 57.2 Å². The number of nitrogens with one attached hydrogen (secondary N) is 1. The number of hydrogen-bond acceptors (Lipinski definition) is 12. The van der Waals surface area contributed by atoms with E-state index >= 15 is 0 Å². The van der Waals surface area contributed by atoms with Crippen molar-refractivity contribution in [1.82, 2.24) is 10.2 Å². The number of carboxylic acids is 1. The van der Waals surface area contributed by atoms with Gasteiger partial charge in [-0.25, -0.2) is 14.4 Å². The van der Waals surface area contributed by atoms with Gasteiger partial charge < -0.3 is 36.8 Å². The number of rotatable bonds is 14. The number of hydrogen-bond donors (Lipinski definition) is 6. The van der Waals surface area contributed by atoms with E-state index in [9.17, 15) is 44.1 Å². The Balaban J connectivity index is 2.09. The van der Waals surface area contributed by atoms with Crippen molar-refractivity contribution in [2.24, 2.45) is 11.5 Å². The van der Waals surface area contributed by atoms with Gasteiger partial charge in [-0.15, -0.1) is 0 Å². The number of aliphatic hydroxyl groups is 2. The lowest BCUT2D eigenvalue weighted by atomic mass is 10.1. The number of nitrogens with two attached hydrogens (primary N) is 2. The normalized spacial score (nSPS) is 13.7. The Morgan fingerprint density at radius 1 is 0.875 bits per heavy atom. The molecule has 0 radical (unpaired) electrons. The van der Waals surface area contributed by atoms with Crippen molar-refractivity contribution < 1.29 is 48.8 Å². The molecule has 2 rings (SSSR count). The Kier molecular flexibility index (Phi) is 12.6. The van der Waals surface area contributed by atoms with Crippen molar-refractivity contribution in [2.75, 3.05) is 11.5 Å². The fourth-order valence-corrected chi connectivity index (χ4v) is 5.24. The van der Waals surface area contributed by atoms with Crippen LogP contribution in [-0.4, -0.2) is 91.9 Å². The molecule has 0 heterocycles. The largest absolute Gasteiger partial charge is 0.480 e. The van der Waals surface area contributed by atoms with Crippen LogP contribution in [0.3, 0.4) is 0 Å². The van der Waals surface area contributed by atoms with Gasteiger partial charge in [0, 0.05) is 17.1 Å². The zero-order chi connectivity index (χ0) is 29.8. The Morgan fingerprint density at radius 3 is 1.93 bits per heavy atom. The standard InChI is InChI=1S/C24H26N4O10S2/c25-15(24(37)38-23(36)14-9-5-2-6-10-14)11-39-40-12-16(22(34)35)28(20(32)13-7-3-1-4-8-13)21(33)19(31)27-18(30)17(26)29/h1-10,15-16,18,21,30,33H,11-12,25H2,(H2,26,29)(H,27,31)(H,34,35)/t15?,16-,18?,21?/m0/s1. The van der Waals surface area contributed by atoms with Gasteiger partial charge in [0.2, 0.25) is 12.5 Å². The quantitative estimate of drug-likeness (QED) is 0.0502. The molecule has 0 aliphatic heterocycles. The second kappa shape index (κ2) is 15.6. The van der Waals surface area contributed by atoms with E-state index in [1.807, 2.05) is 0 Å². The zero-order valence-electron chi connectivity index (χ0n) is 20.6. The highest BCUT2D eigenvalue weighted by atomic mass is 33.1. The average Bonchev–Trinajstić information content (AvgIpc) is 2.94. The lowest BCUT2D eigenvalue weighted by molar-refractivity contribution is -0.152. The van der Waals surface area contributed by atoms with Crippen LogP contribution < -0.4 is 16.8 Å². The molecule has 214 valence electrons. The topological polar surface area (TPSA) is 240 Å². The number of primary amides is 1. The predicted octanol–water partition coefficient (Wildman–Crippen LogP) is -1.09. The summed E-state index contributed by atoms with van der Waals surface area (Å²) in [5.74, 6) is -7.92. The van der Waals surface area contributed by atoms with Gasteiger partial charge in [-0.1, -0.05) is 58.0 Å². The molecule has 0 saturated heterocycles. The van der Waals surface area contributed by atoms with Crippen LogP contribution in [0.25, 0.3) is 0 Å². The summed E-state index contributed by atoms with van der Waals surface area (Å²) in [6.07, 6.45) is -4.66. The summed E-state index contributed by atoms with van der Waals surface area (Å²) < 4.78 is 4.74.